The standard InChI is InChI=1S/C22H27ClFN5O/c23-18-16-17(4-6-19(18)24)5-9-22(30)29-14-12-28(13-15-29)21-8-7-20(25-26-21)27-10-2-1-3-11-27/h4,6-8,16H,1-3,5,9-15H2. The van der Waals surface area contributed by atoms with Gasteiger partial charge >= 0.3 is 0 Å². The second-order valence-corrected chi connectivity index (χ2v) is 8.32. The number of hydrogen-bond acceptors (Lipinski definition) is 5. The van der Waals surface area contributed by atoms with Gasteiger partial charge in [0.1, 0.15) is 5.82 Å². The van der Waals surface area contributed by atoms with Crippen molar-refractivity contribution in [3.05, 3.63) is 46.7 Å². The van der Waals surface area contributed by atoms with Crippen LogP contribution in [0.5, 0.6) is 0 Å². The second kappa shape index (κ2) is 9.60. The summed E-state index contributed by atoms with van der Waals surface area (Å²) in [6, 6.07) is 8.71. The first-order valence-electron chi connectivity index (χ1n) is 10.7. The lowest BCUT2D eigenvalue weighted by Gasteiger charge is -2.35. The van der Waals surface area contributed by atoms with Gasteiger partial charge in [-0.2, -0.15) is 0 Å². The molecule has 0 N–H and O–H groups in total. The molecule has 30 heavy (non-hydrogen) atoms. The molecule has 0 saturated carbocycles. The number of piperazine rings is 1. The number of carbonyl (C=O) groups is 1. The van der Waals surface area contributed by atoms with E-state index in [1.54, 1.807) is 12.1 Å². The first kappa shape index (κ1) is 20.8. The van der Waals surface area contributed by atoms with E-state index in [-0.39, 0.29) is 10.9 Å². The topological polar surface area (TPSA) is 52.6 Å². The zero-order chi connectivity index (χ0) is 20.9. The Balaban J connectivity index is 1.25. The van der Waals surface area contributed by atoms with Crippen molar-refractivity contribution in [2.45, 2.75) is 32.1 Å². The first-order chi connectivity index (χ1) is 14.6. The number of hydrogen-bond donors (Lipinski definition) is 0. The zero-order valence-corrected chi connectivity index (χ0v) is 17.8. The fourth-order valence-corrected chi connectivity index (χ4v) is 4.27. The predicted molar refractivity (Wildman–Crippen MR) is 117 cm³/mol. The summed E-state index contributed by atoms with van der Waals surface area (Å²) >= 11 is 5.82. The van der Waals surface area contributed by atoms with Crippen molar-refractivity contribution >= 4 is 29.1 Å². The second-order valence-electron chi connectivity index (χ2n) is 7.91. The quantitative estimate of drug-likeness (QED) is 0.724. The summed E-state index contributed by atoms with van der Waals surface area (Å²) in [5.74, 6) is 1.49. The normalized spacial score (nSPS) is 17.3. The van der Waals surface area contributed by atoms with Crippen LogP contribution >= 0.6 is 11.6 Å². The molecule has 0 atom stereocenters. The van der Waals surface area contributed by atoms with Gasteiger partial charge in [0, 0.05) is 45.7 Å². The summed E-state index contributed by atoms with van der Waals surface area (Å²) in [5, 5.41) is 8.95. The molecule has 0 bridgehead atoms. The Labute approximate surface area is 181 Å². The molecule has 3 heterocycles. The maximum Gasteiger partial charge on any atom is 0.223 e. The molecule has 4 rings (SSSR count). The lowest BCUT2D eigenvalue weighted by Crippen LogP contribution is -2.49. The number of aryl methyl sites for hydroxylation is 1. The summed E-state index contributed by atoms with van der Waals surface area (Å²) in [5.41, 5.74) is 0.873. The van der Waals surface area contributed by atoms with Crippen LogP contribution in [0.3, 0.4) is 0 Å². The average Bonchev–Trinajstić information content (AvgIpc) is 2.80. The molecule has 2 aromatic rings. The highest BCUT2D eigenvalue weighted by molar-refractivity contribution is 6.30. The van der Waals surface area contributed by atoms with Crippen molar-refractivity contribution in [1.82, 2.24) is 15.1 Å². The van der Waals surface area contributed by atoms with Crippen molar-refractivity contribution in [3.8, 4) is 0 Å². The van der Waals surface area contributed by atoms with Crippen LogP contribution in [0.2, 0.25) is 5.02 Å². The fourth-order valence-electron chi connectivity index (χ4n) is 4.07. The number of rotatable bonds is 5. The lowest BCUT2D eigenvalue weighted by molar-refractivity contribution is -0.131. The SMILES string of the molecule is O=C(CCc1ccc(F)c(Cl)c1)N1CCN(c2ccc(N3CCCCC3)nn2)CC1. The molecule has 2 fully saturated rings. The highest BCUT2D eigenvalue weighted by atomic mass is 35.5. The van der Waals surface area contributed by atoms with Gasteiger partial charge in [0.2, 0.25) is 5.91 Å². The molecule has 6 nitrogen and oxygen atoms in total. The Morgan fingerprint density at radius 2 is 1.53 bits per heavy atom. The highest BCUT2D eigenvalue weighted by Crippen LogP contribution is 2.21. The van der Waals surface area contributed by atoms with Crippen molar-refractivity contribution in [2.75, 3.05) is 49.1 Å². The highest BCUT2D eigenvalue weighted by Gasteiger charge is 2.22. The molecule has 160 valence electrons. The van der Waals surface area contributed by atoms with E-state index in [1.165, 1.54) is 25.3 Å². The smallest absolute Gasteiger partial charge is 0.223 e. The number of nitrogens with zero attached hydrogens (tertiary/aromatic N) is 5. The average molecular weight is 432 g/mol. The van der Waals surface area contributed by atoms with Crippen LogP contribution in [0.4, 0.5) is 16.0 Å². The van der Waals surface area contributed by atoms with Crippen LogP contribution < -0.4 is 9.80 Å². The largest absolute Gasteiger partial charge is 0.355 e. The Morgan fingerprint density at radius 1 is 0.900 bits per heavy atom. The van der Waals surface area contributed by atoms with E-state index in [2.05, 4.69) is 26.1 Å². The van der Waals surface area contributed by atoms with E-state index in [0.29, 0.717) is 25.9 Å². The Hall–Kier alpha value is -2.41. The monoisotopic (exact) mass is 431 g/mol. The molecule has 2 saturated heterocycles. The number of piperidine rings is 1. The predicted octanol–water partition coefficient (Wildman–Crippen LogP) is 3.54. The third kappa shape index (κ3) is 5.01. The number of carbonyl (C=O) groups excluding carboxylic acids is 1. The molecule has 1 amide bonds. The molecule has 0 aliphatic carbocycles. The van der Waals surface area contributed by atoms with E-state index in [4.69, 9.17) is 11.6 Å². The number of amides is 1. The maximum absolute atomic E-state index is 13.3. The lowest BCUT2D eigenvalue weighted by atomic mass is 10.1. The summed E-state index contributed by atoms with van der Waals surface area (Å²) in [4.78, 5) is 18.9. The zero-order valence-electron chi connectivity index (χ0n) is 17.1. The summed E-state index contributed by atoms with van der Waals surface area (Å²) < 4.78 is 13.3. The number of aromatic nitrogens is 2. The van der Waals surface area contributed by atoms with Crippen molar-refractivity contribution in [2.24, 2.45) is 0 Å². The van der Waals surface area contributed by atoms with Crippen LogP contribution in [0.15, 0.2) is 30.3 Å². The van der Waals surface area contributed by atoms with Crippen molar-refractivity contribution in [1.29, 1.82) is 0 Å². The molecule has 2 aliphatic rings. The van der Waals surface area contributed by atoms with Crippen LogP contribution in [-0.4, -0.2) is 60.3 Å². The van der Waals surface area contributed by atoms with Gasteiger partial charge < -0.3 is 14.7 Å². The van der Waals surface area contributed by atoms with E-state index >= 15 is 0 Å². The van der Waals surface area contributed by atoms with Crippen LogP contribution in [-0.2, 0) is 11.2 Å². The first-order valence-corrected chi connectivity index (χ1v) is 11.0. The minimum absolute atomic E-state index is 0.0981. The summed E-state index contributed by atoms with van der Waals surface area (Å²) in [6.45, 7) is 4.92. The van der Waals surface area contributed by atoms with Crippen molar-refractivity contribution < 1.29 is 9.18 Å². The van der Waals surface area contributed by atoms with Gasteiger partial charge in [-0.15, -0.1) is 10.2 Å². The Kier molecular flexibility index (Phi) is 6.67. The van der Waals surface area contributed by atoms with Gasteiger partial charge in [0.25, 0.3) is 0 Å². The Morgan fingerprint density at radius 3 is 2.13 bits per heavy atom. The van der Waals surface area contributed by atoms with Gasteiger partial charge in [-0.05, 0) is 55.5 Å². The molecule has 1 aromatic heterocycles. The van der Waals surface area contributed by atoms with Gasteiger partial charge in [-0.3, -0.25) is 4.79 Å². The number of benzene rings is 1. The van der Waals surface area contributed by atoms with Crippen LogP contribution in [0.25, 0.3) is 0 Å². The van der Waals surface area contributed by atoms with Crippen LogP contribution in [0.1, 0.15) is 31.2 Å². The molecule has 2 aliphatic heterocycles. The summed E-state index contributed by atoms with van der Waals surface area (Å²) in [7, 11) is 0. The maximum atomic E-state index is 13.3. The van der Waals surface area contributed by atoms with Crippen molar-refractivity contribution in [3.63, 3.8) is 0 Å². The molecule has 0 radical (unpaired) electrons. The molecule has 0 unspecified atom stereocenters. The van der Waals surface area contributed by atoms with E-state index in [9.17, 15) is 9.18 Å². The van der Waals surface area contributed by atoms with E-state index in [1.807, 2.05) is 11.0 Å². The van der Waals surface area contributed by atoms with Gasteiger partial charge in [-0.1, -0.05) is 17.7 Å². The molecular formula is C22H27ClFN5O. The van der Waals surface area contributed by atoms with Crippen LogP contribution in [0, 0.1) is 5.82 Å². The third-order valence-corrected chi connectivity index (χ3v) is 6.17. The van der Waals surface area contributed by atoms with Gasteiger partial charge in [-0.25, -0.2) is 4.39 Å². The molecule has 8 heteroatoms. The number of anilines is 2. The summed E-state index contributed by atoms with van der Waals surface area (Å²) in [6.07, 6.45) is 4.68. The molecular weight excluding hydrogens is 405 g/mol. The minimum atomic E-state index is -0.435. The van der Waals surface area contributed by atoms with Gasteiger partial charge in [0.05, 0.1) is 5.02 Å². The minimum Gasteiger partial charge on any atom is -0.355 e. The van der Waals surface area contributed by atoms with Gasteiger partial charge in [0.15, 0.2) is 11.6 Å². The molecule has 1 aromatic carbocycles. The van der Waals surface area contributed by atoms with E-state index in [0.717, 1.165) is 43.4 Å². The third-order valence-electron chi connectivity index (χ3n) is 5.88. The van der Waals surface area contributed by atoms with E-state index < -0.39 is 5.82 Å². The Bertz CT molecular complexity index is 864. The molecule has 0 spiro atoms. The number of halogens is 2. The fraction of sp³-hybridized carbons (Fsp3) is 0.500.